The van der Waals surface area contributed by atoms with Gasteiger partial charge in [0.15, 0.2) is 0 Å². The topological polar surface area (TPSA) is 103 Å². The Kier molecular flexibility index (Phi) is 9.07. The Morgan fingerprint density at radius 2 is 1.69 bits per heavy atom. The minimum absolute atomic E-state index is 0.191. The number of hydrogen-bond donors (Lipinski definition) is 2. The lowest BCUT2D eigenvalue weighted by molar-refractivity contribution is -0.165. The largest absolute Gasteiger partial charge is 0.462 e. The smallest absolute Gasteiger partial charge is 0.312 e. The molecule has 1 amide bonds. The van der Waals surface area contributed by atoms with E-state index in [1.165, 1.54) is 5.56 Å². The summed E-state index contributed by atoms with van der Waals surface area (Å²) in [6.07, 6.45) is 3.06. The maximum Gasteiger partial charge on any atom is 0.312 e. The van der Waals surface area contributed by atoms with E-state index in [0.717, 1.165) is 32.5 Å². The molecule has 2 fully saturated rings. The minimum Gasteiger partial charge on any atom is -0.462 e. The van der Waals surface area contributed by atoms with Crippen molar-refractivity contribution in [2.45, 2.75) is 57.3 Å². The number of cyclic esters (lactones) is 1. The molecule has 2 aliphatic heterocycles. The molecule has 2 aromatic rings. The number of pyridine rings is 1. The van der Waals surface area contributed by atoms with Crippen molar-refractivity contribution in [3.05, 3.63) is 66.0 Å². The van der Waals surface area contributed by atoms with Gasteiger partial charge in [0.1, 0.15) is 18.4 Å². The van der Waals surface area contributed by atoms with Crippen LogP contribution in [0.1, 0.15) is 54.6 Å². The molecular weight excluding hydrogens is 458 g/mol. The molecular formula is C28H37N3O5. The number of aliphatic hydroxyl groups excluding tert-OH is 2. The number of amides is 1. The molecule has 0 unspecified atom stereocenters. The fourth-order valence-electron chi connectivity index (χ4n) is 5.17. The summed E-state index contributed by atoms with van der Waals surface area (Å²) < 4.78 is 5.57. The van der Waals surface area contributed by atoms with Crippen molar-refractivity contribution in [1.29, 1.82) is 0 Å². The van der Waals surface area contributed by atoms with Crippen LogP contribution >= 0.6 is 0 Å². The van der Waals surface area contributed by atoms with Crippen molar-refractivity contribution >= 4 is 11.9 Å². The first-order valence-electron chi connectivity index (χ1n) is 13.0. The number of carbonyl (C=O) groups is 2. The van der Waals surface area contributed by atoms with Crippen LogP contribution in [-0.4, -0.2) is 81.9 Å². The molecule has 2 saturated heterocycles. The number of hydrogen-bond acceptors (Lipinski definition) is 7. The van der Waals surface area contributed by atoms with Crippen LogP contribution in [0, 0.1) is 5.41 Å². The summed E-state index contributed by atoms with van der Waals surface area (Å²) in [7, 11) is 0. The third-order valence-corrected chi connectivity index (χ3v) is 7.52. The van der Waals surface area contributed by atoms with E-state index in [2.05, 4.69) is 22.0 Å². The maximum atomic E-state index is 13.3. The zero-order valence-corrected chi connectivity index (χ0v) is 20.8. The van der Waals surface area contributed by atoms with Crippen LogP contribution in [-0.2, 0) is 16.1 Å². The van der Waals surface area contributed by atoms with Crippen LogP contribution in [0.3, 0.4) is 0 Å². The average Bonchev–Trinajstić information content (AvgIpc) is 2.92. The van der Waals surface area contributed by atoms with Gasteiger partial charge in [-0.25, -0.2) is 0 Å². The van der Waals surface area contributed by atoms with Gasteiger partial charge in [-0.3, -0.25) is 19.5 Å². The summed E-state index contributed by atoms with van der Waals surface area (Å²) in [5.74, 6) is -0.475. The molecule has 0 aliphatic carbocycles. The molecule has 1 spiro atoms. The number of carbonyl (C=O) groups excluding carboxylic acids is 2. The Morgan fingerprint density at radius 3 is 2.42 bits per heavy atom. The van der Waals surface area contributed by atoms with E-state index >= 15 is 0 Å². The molecule has 8 heteroatoms. The third kappa shape index (κ3) is 6.69. The van der Waals surface area contributed by atoms with Gasteiger partial charge in [-0.1, -0.05) is 42.8 Å². The molecule has 1 aromatic carbocycles. The SMILES string of the molecule is O=C(c1ccccn1)N1CCCCC2(CCN(Cc3ccccc3)CC2)C(=O)OC[C@@H](O)[C@@H](O)CC1. The second-order valence-corrected chi connectivity index (χ2v) is 10.0. The Balaban J connectivity index is 1.43. The first-order chi connectivity index (χ1) is 17.5. The van der Waals surface area contributed by atoms with Crippen molar-refractivity contribution in [1.82, 2.24) is 14.8 Å². The third-order valence-electron chi connectivity index (χ3n) is 7.52. The van der Waals surface area contributed by atoms with Crippen LogP contribution in [0.5, 0.6) is 0 Å². The Bertz CT molecular complexity index is 979. The van der Waals surface area contributed by atoms with E-state index in [1.807, 2.05) is 18.2 Å². The molecule has 2 aliphatic rings. The molecule has 2 N–H and O–H groups in total. The second-order valence-electron chi connectivity index (χ2n) is 10.0. The summed E-state index contributed by atoms with van der Waals surface area (Å²) >= 11 is 0. The van der Waals surface area contributed by atoms with E-state index in [0.29, 0.717) is 38.0 Å². The number of rotatable bonds is 3. The predicted molar refractivity (Wildman–Crippen MR) is 135 cm³/mol. The lowest BCUT2D eigenvalue weighted by atomic mass is 9.74. The molecule has 2 atom stereocenters. The Hall–Kier alpha value is -2.81. The second kappa shape index (κ2) is 12.4. The fraction of sp³-hybridized carbons (Fsp3) is 0.536. The number of ether oxygens (including phenoxy) is 1. The van der Waals surface area contributed by atoms with Crippen LogP contribution in [0.15, 0.2) is 54.7 Å². The van der Waals surface area contributed by atoms with Gasteiger partial charge >= 0.3 is 5.97 Å². The van der Waals surface area contributed by atoms with Crippen molar-refractivity contribution in [2.24, 2.45) is 5.41 Å². The van der Waals surface area contributed by atoms with Crippen molar-refractivity contribution in [3.8, 4) is 0 Å². The van der Waals surface area contributed by atoms with Crippen molar-refractivity contribution < 1.29 is 24.5 Å². The molecule has 0 radical (unpaired) electrons. The van der Waals surface area contributed by atoms with Crippen molar-refractivity contribution in [3.63, 3.8) is 0 Å². The standard InChI is InChI=1S/C28H37N3O5/c32-24-11-17-31(26(34)23-10-4-6-15-29-23)16-7-5-12-28(27(35)36-21-25(24)33)13-18-30(19-14-28)20-22-8-2-1-3-9-22/h1-4,6,8-10,15,24-25,32-33H,5,7,11-14,16-21H2/t24-,25+/m0/s1. The summed E-state index contributed by atoms with van der Waals surface area (Å²) in [5, 5.41) is 20.9. The van der Waals surface area contributed by atoms with Gasteiger partial charge in [-0.2, -0.15) is 0 Å². The normalized spacial score (nSPS) is 24.3. The van der Waals surface area contributed by atoms with Gasteiger partial charge in [-0.15, -0.1) is 0 Å². The van der Waals surface area contributed by atoms with Gasteiger partial charge in [0.25, 0.3) is 5.91 Å². The van der Waals surface area contributed by atoms with Gasteiger partial charge in [0, 0.05) is 25.8 Å². The average molecular weight is 496 g/mol. The molecule has 1 aromatic heterocycles. The van der Waals surface area contributed by atoms with Gasteiger partial charge < -0.3 is 19.8 Å². The molecule has 0 saturated carbocycles. The number of likely N-dealkylation sites (tertiary alicyclic amines) is 1. The molecule has 4 rings (SSSR count). The first kappa shape index (κ1) is 26.3. The highest BCUT2D eigenvalue weighted by Gasteiger charge is 2.42. The highest BCUT2D eigenvalue weighted by Crippen LogP contribution is 2.38. The monoisotopic (exact) mass is 495 g/mol. The van der Waals surface area contributed by atoms with E-state index in [-0.39, 0.29) is 24.9 Å². The lowest BCUT2D eigenvalue weighted by Gasteiger charge is -2.40. The molecule has 194 valence electrons. The van der Waals surface area contributed by atoms with Crippen LogP contribution < -0.4 is 0 Å². The fourth-order valence-corrected chi connectivity index (χ4v) is 5.17. The number of esters is 1. The van der Waals surface area contributed by atoms with Crippen LogP contribution in [0.4, 0.5) is 0 Å². The lowest BCUT2D eigenvalue weighted by Crippen LogP contribution is -2.45. The highest BCUT2D eigenvalue weighted by atomic mass is 16.5. The number of aromatic nitrogens is 1. The predicted octanol–water partition coefficient (Wildman–Crippen LogP) is 2.65. The number of nitrogens with zero attached hydrogens (tertiary/aromatic N) is 3. The summed E-state index contributed by atoms with van der Waals surface area (Å²) in [6, 6.07) is 15.5. The van der Waals surface area contributed by atoms with E-state index in [9.17, 15) is 19.8 Å². The quantitative estimate of drug-likeness (QED) is 0.631. The molecule has 8 nitrogen and oxygen atoms in total. The van der Waals surface area contributed by atoms with Crippen molar-refractivity contribution in [2.75, 3.05) is 32.8 Å². The minimum atomic E-state index is -1.20. The molecule has 0 bridgehead atoms. The van der Waals surface area contributed by atoms with E-state index in [1.54, 1.807) is 29.3 Å². The van der Waals surface area contributed by atoms with Gasteiger partial charge in [0.2, 0.25) is 0 Å². The maximum absolute atomic E-state index is 13.3. The molecule has 3 heterocycles. The Morgan fingerprint density at radius 1 is 0.944 bits per heavy atom. The number of piperidine rings is 1. The van der Waals surface area contributed by atoms with E-state index in [4.69, 9.17) is 4.74 Å². The van der Waals surface area contributed by atoms with Crippen LogP contribution in [0.25, 0.3) is 0 Å². The summed E-state index contributed by atoms with van der Waals surface area (Å²) in [4.78, 5) is 34.5. The van der Waals surface area contributed by atoms with Gasteiger partial charge in [0.05, 0.1) is 11.5 Å². The summed E-state index contributed by atoms with van der Waals surface area (Å²) in [5.41, 5.74) is 1.00. The van der Waals surface area contributed by atoms with E-state index < -0.39 is 17.6 Å². The van der Waals surface area contributed by atoms with Gasteiger partial charge in [-0.05, 0) is 62.9 Å². The van der Waals surface area contributed by atoms with Crippen LogP contribution in [0.2, 0.25) is 0 Å². The number of aliphatic hydroxyl groups is 2. The highest BCUT2D eigenvalue weighted by molar-refractivity contribution is 5.92. The Labute approximate surface area is 212 Å². The molecule has 36 heavy (non-hydrogen) atoms. The first-order valence-corrected chi connectivity index (χ1v) is 13.0. The zero-order valence-electron chi connectivity index (χ0n) is 20.8. The summed E-state index contributed by atoms with van der Waals surface area (Å²) in [6.45, 7) is 2.98. The zero-order chi connectivity index (χ0) is 25.4. The number of benzene rings is 1.